The summed E-state index contributed by atoms with van der Waals surface area (Å²) in [5.41, 5.74) is 1.33. The van der Waals surface area contributed by atoms with Crippen LogP contribution in [-0.4, -0.2) is 20.2 Å². The molecule has 18 heavy (non-hydrogen) atoms. The van der Waals surface area contributed by atoms with E-state index in [9.17, 15) is 9.18 Å². The molecule has 0 bridgehead atoms. The van der Waals surface area contributed by atoms with Gasteiger partial charge in [0.05, 0.1) is 14.2 Å². The van der Waals surface area contributed by atoms with E-state index in [-0.39, 0.29) is 17.3 Å². The van der Waals surface area contributed by atoms with Gasteiger partial charge >= 0.3 is 5.97 Å². The number of furan rings is 1. The van der Waals surface area contributed by atoms with E-state index in [1.807, 2.05) is 0 Å². The summed E-state index contributed by atoms with van der Waals surface area (Å²) >= 11 is 0. The van der Waals surface area contributed by atoms with E-state index in [1.54, 1.807) is 12.1 Å². The number of esters is 1. The van der Waals surface area contributed by atoms with E-state index in [2.05, 4.69) is 4.74 Å². The van der Waals surface area contributed by atoms with Gasteiger partial charge in [-0.15, -0.1) is 0 Å². The fourth-order valence-electron chi connectivity index (χ4n) is 1.63. The zero-order valence-corrected chi connectivity index (χ0v) is 9.90. The number of halogens is 1. The number of rotatable bonds is 3. The molecule has 0 saturated carbocycles. The van der Waals surface area contributed by atoms with E-state index in [4.69, 9.17) is 9.15 Å². The average molecular weight is 250 g/mol. The predicted octanol–water partition coefficient (Wildman–Crippen LogP) is 2.88. The van der Waals surface area contributed by atoms with Crippen molar-refractivity contribution in [2.24, 2.45) is 0 Å². The van der Waals surface area contributed by atoms with Gasteiger partial charge in [0, 0.05) is 5.56 Å². The molecular formula is C13H11FO4. The summed E-state index contributed by atoms with van der Waals surface area (Å²) in [4.78, 5) is 11.7. The average Bonchev–Trinajstić information content (AvgIpc) is 2.82. The Morgan fingerprint density at radius 1 is 1.22 bits per heavy atom. The van der Waals surface area contributed by atoms with Crippen LogP contribution >= 0.6 is 0 Å². The highest BCUT2D eigenvalue weighted by Crippen LogP contribution is 2.33. The minimum atomic E-state index is -0.570. The van der Waals surface area contributed by atoms with Crippen LogP contribution in [0.25, 0.3) is 11.1 Å². The van der Waals surface area contributed by atoms with Crippen molar-refractivity contribution < 1.29 is 23.1 Å². The van der Waals surface area contributed by atoms with E-state index in [1.165, 1.54) is 32.6 Å². The van der Waals surface area contributed by atoms with Gasteiger partial charge in [-0.2, -0.15) is 0 Å². The van der Waals surface area contributed by atoms with Gasteiger partial charge in [-0.3, -0.25) is 0 Å². The molecule has 0 unspecified atom stereocenters. The highest BCUT2D eigenvalue weighted by molar-refractivity contribution is 5.99. The number of ether oxygens (including phenoxy) is 2. The molecule has 0 aliphatic heterocycles. The third kappa shape index (κ3) is 2.07. The molecular weight excluding hydrogens is 239 g/mol. The van der Waals surface area contributed by atoms with Gasteiger partial charge in [-0.05, 0) is 17.7 Å². The standard InChI is InChI=1S/C13H11FO4/c1-16-12(15)11-10(7-18-13(11)17-2)8-3-5-9(14)6-4-8/h3-7H,1-2H3. The van der Waals surface area contributed by atoms with Gasteiger partial charge in [0.1, 0.15) is 12.1 Å². The molecule has 0 aliphatic rings. The van der Waals surface area contributed by atoms with Crippen LogP contribution in [0.2, 0.25) is 0 Å². The molecule has 1 heterocycles. The van der Waals surface area contributed by atoms with Crippen LogP contribution in [0.1, 0.15) is 10.4 Å². The Labute approximate surface area is 103 Å². The monoisotopic (exact) mass is 250 g/mol. The van der Waals surface area contributed by atoms with Crippen LogP contribution in [-0.2, 0) is 4.74 Å². The van der Waals surface area contributed by atoms with Crippen molar-refractivity contribution in [3.05, 3.63) is 41.9 Å². The van der Waals surface area contributed by atoms with Crippen LogP contribution in [0.4, 0.5) is 4.39 Å². The molecule has 0 N–H and O–H groups in total. The molecule has 0 saturated heterocycles. The van der Waals surface area contributed by atoms with Crippen molar-refractivity contribution in [3.63, 3.8) is 0 Å². The maximum atomic E-state index is 12.9. The lowest BCUT2D eigenvalue weighted by molar-refractivity contribution is 0.0595. The first-order valence-electron chi connectivity index (χ1n) is 5.17. The molecule has 2 rings (SSSR count). The molecule has 0 radical (unpaired) electrons. The van der Waals surface area contributed by atoms with Gasteiger partial charge in [0.2, 0.25) is 0 Å². The maximum Gasteiger partial charge on any atom is 0.345 e. The van der Waals surface area contributed by atoms with Crippen molar-refractivity contribution >= 4 is 5.97 Å². The van der Waals surface area contributed by atoms with Gasteiger partial charge < -0.3 is 13.9 Å². The number of hydrogen-bond acceptors (Lipinski definition) is 4. The Morgan fingerprint density at radius 2 is 1.89 bits per heavy atom. The third-order valence-corrected chi connectivity index (χ3v) is 2.49. The second-order valence-corrected chi connectivity index (χ2v) is 3.51. The molecule has 1 aromatic heterocycles. The summed E-state index contributed by atoms with van der Waals surface area (Å²) in [6.45, 7) is 0. The van der Waals surface area contributed by atoms with E-state index >= 15 is 0 Å². The van der Waals surface area contributed by atoms with Gasteiger partial charge in [0.25, 0.3) is 5.95 Å². The lowest BCUT2D eigenvalue weighted by Crippen LogP contribution is -2.03. The summed E-state index contributed by atoms with van der Waals surface area (Å²) in [6, 6.07) is 5.70. The molecule has 0 amide bonds. The zero-order chi connectivity index (χ0) is 13.1. The number of benzene rings is 1. The van der Waals surface area contributed by atoms with Crippen LogP contribution < -0.4 is 4.74 Å². The van der Waals surface area contributed by atoms with Gasteiger partial charge in [0.15, 0.2) is 5.56 Å². The molecule has 0 atom stereocenters. The minimum Gasteiger partial charge on any atom is -0.468 e. The second-order valence-electron chi connectivity index (χ2n) is 3.51. The summed E-state index contributed by atoms with van der Waals surface area (Å²) in [7, 11) is 2.66. The Bertz CT molecular complexity index is 557. The molecule has 5 heteroatoms. The van der Waals surface area contributed by atoms with Crippen LogP contribution in [0.15, 0.2) is 34.9 Å². The first-order valence-corrected chi connectivity index (χ1v) is 5.17. The summed E-state index contributed by atoms with van der Waals surface area (Å²) in [5.74, 6) is -0.852. The molecule has 2 aromatic rings. The SMILES string of the molecule is COC(=O)c1c(-c2ccc(F)cc2)coc1OC. The van der Waals surface area contributed by atoms with Crippen molar-refractivity contribution in [1.29, 1.82) is 0 Å². The first kappa shape index (κ1) is 12.2. The van der Waals surface area contributed by atoms with E-state index < -0.39 is 5.97 Å². The normalized spacial score (nSPS) is 10.2. The predicted molar refractivity (Wildman–Crippen MR) is 62.0 cm³/mol. The Kier molecular flexibility index (Phi) is 3.32. The lowest BCUT2D eigenvalue weighted by Gasteiger charge is -2.03. The summed E-state index contributed by atoms with van der Waals surface area (Å²) < 4.78 is 27.6. The number of hydrogen-bond donors (Lipinski definition) is 0. The Balaban J connectivity index is 2.54. The van der Waals surface area contributed by atoms with Crippen molar-refractivity contribution in [3.8, 4) is 17.1 Å². The van der Waals surface area contributed by atoms with Gasteiger partial charge in [-0.1, -0.05) is 12.1 Å². The highest BCUT2D eigenvalue weighted by Gasteiger charge is 2.23. The largest absolute Gasteiger partial charge is 0.468 e. The van der Waals surface area contributed by atoms with Crippen LogP contribution in [0.5, 0.6) is 5.95 Å². The Morgan fingerprint density at radius 3 is 2.44 bits per heavy atom. The zero-order valence-electron chi connectivity index (χ0n) is 9.90. The number of carbonyl (C=O) groups is 1. The molecule has 0 spiro atoms. The first-order chi connectivity index (χ1) is 8.67. The fourth-order valence-corrected chi connectivity index (χ4v) is 1.63. The van der Waals surface area contributed by atoms with Crippen molar-refractivity contribution in [2.45, 2.75) is 0 Å². The molecule has 0 fully saturated rings. The van der Waals surface area contributed by atoms with E-state index in [0.717, 1.165) is 0 Å². The van der Waals surface area contributed by atoms with Crippen molar-refractivity contribution in [2.75, 3.05) is 14.2 Å². The fraction of sp³-hybridized carbons (Fsp3) is 0.154. The quantitative estimate of drug-likeness (QED) is 0.786. The van der Waals surface area contributed by atoms with E-state index in [0.29, 0.717) is 11.1 Å². The topological polar surface area (TPSA) is 48.7 Å². The molecule has 94 valence electrons. The number of methoxy groups -OCH3 is 2. The summed E-state index contributed by atoms with van der Waals surface area (Å²) in [5, 5.41) is 0. The van der Waals surface area contributed by atoms with Crippen LogP contribution in [0, 0.1) is 5.82 Å². The minimum absolute atomic E-state index is 0.0705. The number of carbonyl (C=O) groups excluding carboxylic acids is 1. The highest BCUT2D eigenvalue weighted by atomic mass is 19.1. The van der Waals surface area contributed by atoms with Crippen molar-refractivity contribution in [1.82, 2.24) is 0 Å². The second kappa shape index (κ2) is 4.91. The summed E-state index contributed by atoms with van der Waals surface area (Å²) in [6.07, 6.45) is 1.37. The smallest absolute Gasteiger partial charge is 0.345 e. The van der Waals surface area contributed by atoms with Gasteiger partial charge in [-0.25, -0.2) is 9.18 Å². The lowest BCUT2D eigenvalue weighted by atomic mass is 10.0. The molecule has 1 aromatic carbocycles. The molecule has 0 aliphatic carbocycles. The van der Waals surface area contributed by atoms with Crippen LogP contribution in [0.3, 0.4) is 0 Å². The molecule has 4 nitrogen and oxygen atoms in total. The third-order valence-electron chi connectivity index (χ3n) is 2.49. The Hall–Kier alpha value is -2.30. The maximum absolute atomic E-state index is 12.9.